The Morgan fingerprint density at radius 3 is 2.79 bits per heavy atom. The van der Waals surface area contributed by atoms with Crippen LogP contribution in [0.25, 0.3) is 0 Å². The quantitative estimate of drug-likeness (QED) is 0.380. The Kier molecular flexibility index (Phi) is 8.70. The minimum atomic E-state index is 0.479. The maximum absolute atomic E-state index is 5.90. The van der Waals surface area contributed by atoms with E-state index in [-0.39, 0.29) is 0 Å². The fourth-order valence-corrected chi connectivity index (χ4v) is 3.07. The van der Waals surface area contributed by atoms with Crippen LogP contribution in [0.3, 0.4) is 0 Å². The van der Waals surface area contributed by atoms with Crippen LogP contribution >= 0.6 is 23.8 Å². The van der Waals surface area contributed by atoms with Gasteiger partial charge in [0, 0.05) is 31.2 Å². The van der Waals surface area contributed by atoms with Crippen LogP contribution in [0.5, 0.6) is 5.75 Å². The lowest BCUT2D eigenvalue weighted by atomic mass is 10.2. The molecule has 0 aromatic heterocycles. The molecule has 6 nitrogen and oxygen atoms in total. The third kappa shape index (κ3) is 7.98. The third-order valence-electron chi connectivity index (χ3n) is 4.37. The van der Waals surface area contributed by atoms with Gasteiger partial charge in [0.25, 0.3) is 0 Å². The van der Waals surface area contributed by atoms with E-state index in [0.29, 0.717) is 16.7 Å². The summed E-state index contributed by atoms with van der Waals surface area (Å²) in [7, 11) is 0. The Morgan fingerprint density at radius 2 is 2.00 bits per heavy atom. The van der Waals surface area contributed by atoms with Gasteiger partial charge in [0.15, 0.2) is 5.11 Å². The van der Waals surface area contributed by atoms with Crippen LogP contribution in [0.4, 0.5) is 0 Å². The summed E-state index contributed by atoms with van der Waals surface area (Å²) in [4.78, 5) is 2.35. The number of hydrazone groups is 1. The first-order chi connectivity index (χ1) is 14.2. The molecule has 0 atom stereocenters. The van der Waals surface area contributed by atoms with Gasteiger partial charge in [-0.15, -0.1) is 0 Å². The molecule has 0 saturated carbocycles. The number of nitrogens with one attached hydrogen (secondary N) is 2. The van der Waals surface area contributed by atoms with Crippen molar-refractivity contribution in [2.24, 2.45) is 5.10 Å². The number of ether oxygens (including phenoxy) is 2. The number of hydrogen-bond donors (Lipinski definition) is 2. The number of thiocarbonyl (C=S) groups is 1. The highest BCUT2D eigenvalue weighted by molar-refractivity contribution is 7.80. The largest absolute Gasteiger partial charge is 0.489 e. The normalized spacial score (nSPS) is 14.7. The van der Waals surface area contributed by atoms with Gasteiger partial charge in [-0.05, 0) is 47.6 Å². The van der Waals surface area contributed by atoms with Crippen molar-refractivity contribution in [3.63, 3.8) is 0 Å². The summed E-state index contributed by atoms with van der Waals surface area (Å²) in [6.07, 6.45) is 1.71. The van der Waals surface area contributed by atoms with Gasteiger partial charge in [-0.3, -0.25) is 10.3 Å². The molecular formula is C21H25ClN4O2S. The lowest BCUT2D eigenvalue weighted by Crippen LogP contribution is -2.42. The summed E-state index contributed by atoms with van der Waals surface area (Å²) in [6.45, 7) is 5.72. The first kappa shape index (κ1) is 21.5. The van der Waals surface area contributed by atoms with Gasteiger partial charge in [0.1, 0.15) is 12.4 Å². The molecule has 0 spiro atoms. The zero-order valence-corrected chi connectivity index (χ0v) is 17.7. The van der Waals surface area contributed by atoms with Gasteiger partial charge in [0.2, 0.25) is 0 Å². The molecule has 1 aliphatic heterocycles. The van der Waals surface area contributed by atoms with Gasteiger partial charge in [-0.2, -0.15) is 5.10 Å². The van der Waals surface area contributed by atoms with Crippen LogP contribution in [0.15, 0.2) is 53.6 Å². The van der Waals surface area contributed by atoms with Crippen molar-refractivity contribution in [3.05, 3.63) is 64.7 Å². The molecule has 2 N–H and O–H groups in total. The Morgan fingerprint density at radius 1 is 1.21 bits per heavy atom. The summed E-state index contributed by atoms with van der Waals surface area (Å²) in [6, 6.07) is 15.3. The van der Waals surface area contributed by atoms with Gasteiger partial charge in [-0.25, -0.2) is 0 Å². The highest BCUT2D eigenvalue weighted by Crippen LogP contribution is 2.15. The van der Waals surface area contributed by atoms with Gasteiger partial charge < -0.3 is 14.8 Å². The first-order valence-electron chi connectivity index (χ1n) is 9.53. The molecule has 0 unspecified atom stereocenters. The number of benzene rings is 2. The molecule has 29 heavy (non-hydrogen) atoms. The van der Waals surface area contributed by atoms with E-state index in [4.69, 9.17) is 33.3 Å². The van der Waals surface area contributed by atoms with E-state index in [1.807, 2.05) is 48.5 Å². The summed E-state index contributed by atoms with van der Waals surface area (Å²) in [5, 5.41) is 8.57. The summed E-state index contributed by atoms with van der Waals surface area (Å²) in [5.74, 6) is 0.773. The Bertz CT molecular complexity index is 811. The Balaban J connectivity index is 1.38. The molecule has 1 saturated heterocycles. The molecule has 2 aromatic rings. The molecule has 0 amide bonds. The number of halogens is 1. The van der Waals surface area contributed by atoms with E-state index in [1.165, 1.54) is 0 Å². The zero-order chi connectivity index (χ0) is 20.3. The maximum Gasteiger partial charge on any atom is 0.187 e. The number of rotatable bonds is 8. The highest BCUT2D eigenvalue weighted by Gasteiger charge is 2.09. The summed E-state index contributed by atoms with van der Waals surface area (Å²) in [5.41, 5.74) is 4.82. The van der Waals surface area contributed by atoms with Crippen molar-refractivity contribution in [3.8, 4) is 5.75 Å². The number of hydrogen-bond acceptors (Lipinski definition) is 5. The lowest BCUT2D eigenvalue weighted by molar-refractivity contribution is 0.0389. The average Bonchev–Trinajstić information content (AvgIpc) is 2.74. The van der Waals surface area contributed by atoms with Gasteiger partial charge >= 0.3 is 0 Å². The SMILES string of the molecule is S=C(NCCN1CCOCC1)N/N=C/c1cccc(OCc2ccc(Cl)cc2)c1. The summed E-state index contributed by atoms with van der Waals surface area (Å²) >= 11 is 11.2. The topological polar surface area (TPSA) is 58.1 Å². The molecule has 154 valence electrons. The fraction of sp³-hybridized carbons (Fsp3) is 0.333. The predicted molar refractivity (Wildman–Crippen MR) is 121 cm³/mol. The maximum atomic E-state index is 5.90. The van der Waals surface area contributed by atoms with Crippen LogP contribution < -0.4 is 15.5 Å². The smallest absolute Gasteiger partial charge is 0.187 e. The van der Waals surface area contributed by atoms with Crippen molar-refractivity contribution in [2.75, 3.05) is 39.4 Å². The predicted octanol–water partition coefficient (Wildman–Crippen LogP) is 3.05. The van der Waals surface area contributed by atoms with Crippen LogP contribution in [0.1, 0.15) is 11.1 Å². The van der Waals surface area contributed by atoms with Crippen molar-refractivity contribution in [1.29, 1.82) is 0 Å². The van der Waals surface area contributed by atoms with E-state index >= 15 is 0 Å². The number of nitrogens with zero attached hydrogens (tertiary/aromatic N) is 2. The molecular weight excluding hydrogens is 408 g/mol. The molecule has 0 bridgehead atoms. The van der Waals surface area contributed by atoms with E-state index < -0.39 is 0 Å². The van der Waals surface area contributed by atoms with Crippen molar-refractivity contribution < 1.29 is 9.47 Å². The Labute approximate surface area is 181 Å². The highest BCUT2D eigenvalue weighted by atomic mass is 35.5. The van der Waals surface area contributed by atoms with E-state index in [9.17, 15) is 0 Å². The molecule has 1 heterocycles. The lowest BCUT2D eigenvalue weighted by Gasteiger charge is -2.26. The molecule has 0 aliphatic carbocycles. The minimum absolute atomic E-state index is 0.479. The number of morpholine rings is 1. The Hall–Kier alpha value is -2.19. The molecule has 8 heteroatoms. The van der Waals surface area contributed by atoms with Gasteiger partial charge in [0.05, 0.1) is 19.4 Å². The van der Waals surface area contributed by atoms with Crippen LogP contribution in [0, 0.1) is 0 Å². The monoisotopic (exact) mass is 432 g/mol. The average molecular weight is 433 g/mol. The second-order valence-electron chi connectivity index (χ2n) is 6.57. The minimum Gasteiger partial charge on any atom is -0.489 e. The molecule has 1 fully saturated rings. The molecule has 2 aromatic carbocycles. The van der Waals surface area contributed by atoms with Crippen molar-refractivity contribution in [2.45, 2.75) is 6.61 Å². The van der Waals surface area contributed by atoms with E-state index in [0.717, 1.165) is 56.3 Å². The van der Waals surface area contributed by atoms with Crippen LogP contribution in [-0.2, 0) is 11.3 Å². The molecule has 3 rings (SSSR count). The van der Waals surface area contributed by atoms with Crippen molar-refractivity contribution >= 4 is 35.1 Å². The second kappa shape index (κ2) is 11.7. The molecule has 0 radical (unpaired) electrons. The third-order valence-corrected chi connectivity index (χ3v) is 4.86. The van der Waals surface area contributed by atoms with Gasteiger partial charge in [-0.1, -0.05) is 35.9 Å². The first-order valence-corrected chi connectivity index (χ1v) is 10.3. The standard InChI is InChI=1S/C21H25ClN4O2S/c22-19-6-4-17(5-7-19)16-28-20-3-1-2-18(14-20)15-24-25-21(29)23-8-9-26-10-12-27-13-11-26/h1-7,14-15H,8-13,16H2,(H2,23,25,29)/b24-15+. The summed E-state index contributed by atoms with van der Waals surface area (Å²) < 4.78 is 11.2. The second-order valence-corrected chi connectivity index (χ2v) is 7.41. The van der Waals surface area contributed by atoms with E-state index in [2.05, 4.69) is 20.7 Å². The van der Waals surface area contributed by atoms with Crippen LogP contribution in [0.2, 0.25) is 5.02 Å². The van der Waals surface area contributed by atoms with Crippen molar-refractivity contribution in [1.82, 2.24) is 15.6 Å². The van der Waals surface area contributed by atoms with Crippen LogP contribution in [-0.4, -0.2) is 55.6 Å². The fourth-order valence-electron chi connectivity index (χ4n) is 2.79. The zero-order valence-electron chi connectivity index (χ0n) is 16.1. The molecule has 1 aliphatic rings. The van der Waals surface area contributed by atoms with E-state index in [1.54, 1.807) is 6.21 Å².